The molecule has 1 fully saturated rings. The summed E-state index contributed by atoms with van der Waals surface area (Å²) >= 11 is 0. The van der Waals surface area contributed by atoms with Crippen molar-refractivity contribution in [1.29, 1.82) is 0 Å². The third kappa shape index (κ3) is 2.32. The Labute approximate surface area is 95.0 Å². The second kappa shape index (κ2) is 4.51. The molecule has 0 aliphatic heterocycles. The molecule has 1 saturated carbocycles. The molecule has 0 aromatic carbocycles. The Balaban J connectivity index is 2.02. The van der Waals surface area contributed by atoms with Crippen LogP contribution in [0.1, 0.15) is 30.1 Å². The molecule has 2 unspecified atom stereocenters. The van der Waals surface area contributed by atoms with E-state index in [9.17, 15) is 4.79 Å². The number of hydrogen-bond acceptors (Lipinski definition) is 4. The fourth-order valence-electron chi connectivity index (χ4n) is 1.82. The Morgan fingerprint density at radius 2 is 2.50 bits per heavy atom. The molecule has 4 heteroatoms. The third-order valence-corrected chi connectivity index (χ3v) is 2.96. The van der Waals surface area contributed by atoms with Gasteiger partial charge in [0.15, 0.2) is 0 Å². The van der Waals surface area contributed by atoms with Crippen molar-refractivity contribution in [3.63, 3.8) is 0 Å². The first-order valence-electron chi connectivity index (χ1n) is 5.55. The van der Waals surface area contributed by atoms with Crippen LogP contribution in [0.25, 0.3) is 0 Å². The van der Waals surface area contributed by atoms with Gasteiger partial charge in [-0.3, -0.25) is 0 Å². The highest BCUT2D eigenvalue weighted by Crippen LogP contribution is 2.35. The van der Waals surface area contributed by atoms with Gasteiger partial charge < -0.3 is 10.1 Å². The fraction of sp³-hybridized carbons (Fsp3) is 0.500. The molecule has 1 N–H and O–H groups in total. The maximum Gasteiger partial charge on any atom is 0.338 e. The molecule has 1 aromatic rings. The van der Waals surface area contributed by atoms with Crippen LogP contribution in [0, 0.1) is 5.92 Å². The molecule has 1 aliphatic rings. The topological polar surface area (TPSA) is 51.2 Å². The number of nitrogens with zero attached hydrogens (tertiary/aromatic N) is 1. The summed E-state index contributed by atoms with van der Waals surface area (Å²) in [6.07, 6.45) is 4.01. The van der Waals surface area contributed by atoms with Gasteiger partial charge in [-0.25, -0.2) is 9.78 Å². The van der Waals surface area contributed by atoms with Crippen LogP contribution < -0.4 is 5.32 Å². The standard InChI is InChI=1S/C12H16N2O2/c1-3-8-6-10(8)14-11-7-9(4-5-13-11)12(15)16-2/h4-5,7-8,10H,3,6H2,1-2H3,(H,13,14). The van der Waals surface area contributed by atoms with Gasteiger partial charge in [0.1, 0.15) is 5.82 Å². The molecule has 1 aromatic heterocycles. The fourth-order valence-corrected chi connectivity index (χ4v) is 1.82. The van der Waals surface area contributed by atoms with Gasteiger partial charge in [0.2, 0.25) is 0 Å². The summed E-state index contributed by atoms with van der Waals surface area (Å²) in [5.41, 5.74) is 0.536. The van der Waals surface area contributed by atoms with Gasteiger partial charge in [-0.2, -0.15) is 0 Å². The quantitative estimate of drug-likeness (QED) is 0.789. The number of methoxy groups -OCH3 is 1. The SMILES string of the molecule is CCC1CC1Nc1cc(C(=O)OC)ccn1. The number of esters is 1. The number of pyridine rings is 1. The summed E-state index contributed by atoms with van der Waals surface area (Å²) < 4.78 is 4.66. The molecule has 2 rings (SSSR count). The van der Waals surface area contributed by atoms with Crippen LogP contribution >= 0.6 is 0 Å². The van der Waals surface area contributed by atoms with Crippen LogP contribution in [-0.2, 0) is 4.74 Å². The lowest BCUT2D eigenvalue weighted by molar-refractivity contribution is 0.0600. The molecule has 86 valence electrons. The summed E-state index contributed by atoms with van der Waals surface area (Å²) in [5, 5.41) is 3.32. The number of aromatic nitrogens is 1. The Morgan fingerprint density at radius 1 is 1.69 bits per heavy atom. The second-order valence-electron chi connectivity index (χ2n) is 4.08. The van der Waals surface area contributed by atoms with Crippen molar-refractivity contribution >= 4 is 11.8 Å². The monoisotopic (exact) mass is 220 g/mol. The van der Waals surface area contributed by atoms with Crippen LogP contribution in [0.2, 0.25) is 0 Å². The zero-order valence-corrected chi connectivity index (χ0v) is 9.56. The van der Waals surface area contributed by atoms with E-state index in [1.807, 2.05) is 0 Å². The minimum absolute atomic E-state index is 0.326. The Bertz CT molecular complexity index is 392. The number of carbonyl (C=O) groups is 1. The number of ether oxygens (including phenoxy) is 1. The molecule has 0 amide bonds. The Kier molecular flexibility index (Phi) is 3.08. The highest BCUT2D eigenvalue weighted by molar-refractivity contribution is 5.89. The predicted octanol–water partition coefficient (Wildman–Crippen LogP) is 2.08. The van der Waals surface area contributed by atoms with Crippen molar-refractivity contribution in [1.82, 2.24) is 4.98 Å². The zero-order valence-electron chi connectivity index (χ0n) is 9.56. The molecule has 1 heterocycles. The highest BCUT2D eigenvalue weighted by Gasteiger charge is 2.35. The van der Waals surface area contributed by atoms with Crippen molar-refractivity contribution in [2.45, 2.75) is 25.8 Å². The lowest BCUT2D eigenvalue weighted by Gasteiger charge is -2.05. The molecule has 2 atom stereocenters. The Hall–Kier alpha value is -1.58. The molecule has 0 radical (unpaired) electrons. The van der Waals surface area contributed by atoms with Crippen molar-refractivity contribution < 1.29 is 9.53 Å². The largest absolute Gasteiger partial charge is 0.465 e. The van der Waals surface area contributed by atoms with Gasteiger partial charge in [0.25, 0.3) is 0 Å². The van der Waals surface area contributed by atoms with Crippen LogP contribution in [0.15, 0.2) is 18.3 Å². The van der Waals surface area contributed by atoms with Gasteiger partial charge in [0, 0.05) is 12.2 Å². The molecule has 4 nitrogen and oxygen atoms in total. The molecule has 0 spiro atoms. The maximum atomic E-state index is 11.3. The minimum atomic E-state index is -0.326. The van der Waals surface area contributed by atoms with Crippen molar-refractivity contribution in [3.8, 4) is 0 Å². The van der Waals surface area contributed by atoms with Gasteiger partial charge in [0.05, 0.1) is 12.7 Å². The van der Waals surface area contributed by atoms with E-state index in [4.69, 9.17) is 0 Å². The van der Waals surface area contributed by atoms with E-state index in [0.29, 0.717) is 11.6 Å². The number of carbonyl (C=O) groups excluding carboxylic acids is 1. The first kappa shape index (κ1) is 10.9. The molecule has 1 aliphatic carbocycles. The van der Waals surface area contributed by atoms with Gasteiger partial charge >= 0.3 is 5.97 Å². The van der Waals surface area contributed by atoms with E-state index in [1.165, 1.54) is 20.0 Å². The smallest absolute Gasteiger partial charge is 0.338 e. The number of rotatable bonds is 4. The summed E-state index contributed by atoms with van der Waals surface area (Å²) in [4.78, 5) is 15.5. The van der Waals surface area contributed by atoms with Gasteiger partial charge in [-0.1, -0.05) is 13.3 Å². The minimum Gasteiger partial charge on any atom is -0.465 e. The predicted molar refractivity (Wildman–Crippen MR) is 61.4 cm³/mol. The van der Waals surface area contributed by atoms with E-state index in [1.54, 1.807) is 18.3 Å². The summed E-state index contributed by atoms with van der Waals surface area (Å²) in [6.45, 7) is 2.19. The summed E-state index contributed by atoms with van der Waals surface area (Å²) in [5.74, 6) is 1.18. The first-order valence-corrected chi connectivity index (χ1v) is 5.55. The molecule has 0 bridgehead atoms. The summed E-state index contributed by atoms with van der Waals surface area (Å²) in [7, 11) is 1.38. The normalized spacial score (nSPS) is 22.6. The van der Waals surface area contributed by atoms with Gasteiger partial charge in [-0.15, -0.1) is 0 Å². The van der Waals surface area contributed by atoms with E-state index in [2.05, 4.69) is 22.0 Å². The van der Waals surface area contributed by atoms with Crippen LogP contribution in [-0.4, -0.2) is 24.1 Å². The van der Waals surface area contributed by atoms with Gasteiger partial charge in [-0.05, 0) is 24.5 Å². The van der Waals surface area contributed by atoms with Crippen molar-refractivity contribution in [2.75, 3.05) is 12.4 Å². The lowest BCUT2D eigenvalue weighted by Crippen LogP contribution is -2.08. The van der Waals surface area contributed by atoms with E-state index in [-0.39, 0.29) is 5.97 Å². The number of anilines is 1. The van der Waals surface area contributed by atoms with E-state index >= 15 is 0 Å². The second-order valence-corrected chi connectivity index (χ2v) is 4.08. The van der Waals surface area contributed by atoms with Crippen molar-refractivity contribution in [3.05, 3.63) is 23.9 Å². The average Bonchev–Trinajstić information content (AvgIpc) is 3.07. The number of hydrogen-bond donors (Lipinski definition) is 1. The van der Waals surface area contributed by atoms with E-state index < -0.39 is 0 Å². The van der Waals surface area contributed by atoms with Crippen LogP contribution in [0.3, 0.4) is 0 Å². The molecular weight excluding hydrogens is 204 g/mol. The number of nitrogens with one attached hydrogen (secondary N) is 1. The average molecular weight is 220 g/mol. The first-order chi connectivity index (χ1) is 7.74. The third-order valence-electron chi connectivity index (χ3n) is 2.96. The molecule has 0 saturated heterocycles. The highest BCUT2D eigenvalue weighted by atomic mass is 16.5. The van der Waals surface area contributed by atoms with Crippen LogP contribution in [0.5, 0.6) is 0 Å². The van der Waals surface area contributed by atoms with E-state index in [0.717, 1.165) is 11.7 Å². The summed E-state index contributed by atoms with van der Waals surface area (Å²) in [6, 6.07) is 3.91. The van der Waals surface area contributed by atoms with Crippen LogP contribution in [0.4, 0.5) is 5.82 Å². The zero-order chi connectivity index (χ0) is 11.5. The lowest BCUT2D eigenvalue weighted by atomic mass is 10.2. The van der Waals surface area contributed by atoms with Crippen molar-refractivity contribution in [2.24, 2.45) is 5.92 Å². The maximum absolute atomic E-state index is 11.3. The Morgan fingerprint density at radius 3 is 3.12 bits per heavy atom. The molecule has 16 heavy (non-hydrogen) atoms. The molecular formula is C12H16N2O2.